The number of hydrogen-bond donors (Lipinski definition) is 2. The number of aliphatic hydroxyl groups is 1. The maximum atomic E-state index is 12.9. The first-order valence-electron chi connectivity index (χ1n) is 9.18. The molecule has 1 aliphatic rings. The summed E-state index contributed by atoms with van der Waals surface area (Å²) in [6, 6.07) is 12.9. The second-order valence-corrected chi connectivity index (χ2v) is 6.62. The quantitative estimate of drug-likeness (QED) is 0.781. The number of ether oxygens (including phenoxy) is 1. The van der Waals surface area contributed by atoms with Gasteiger partial charge in [-0.05, 0) is 35.9 Å². The van der Waals surface area contributed by atoms with Crippen molar-refractivity contribution < 1.29 is 24.2 Å². The van der Waals surface area contributed by atoms with Crippen molar-refractivity contribution in [2.45, 2.75) is 26.3 Å². The molecule has 150 valence electrons. The molecule has 2 N–H and O–H groups in total. The number of carbonyl (C=O) groups is 3. The molecule has 7 heteroatoms. The van der Waals surface area contributed by atoms with Gasteiger partial charge in [-0.3, -0.25) is 19.3 Å². The summed E-state index contributed by atoms with van der Waals surface area (Å²) in [6.45, 7) is 3.07. The smallest absolute Gasteiger partial charge is 0.294 e. The van der Waals surface area contributed by atoms with E-state index in [0.717, 1.165) is 0 Å². The zero-order valence-corrected chi connectivity index (χ0v) is 16.4. The highest BCUT2D eigenvalue weighted by atomic mass is 16.5. The van der Waals surface area contributed by atoms with Crippen LogP contribution in [0.5, 0.6) is 5.75 Å². The molecule has 0 aromatic heterocycles. The SMILES string of the molecule is CCC(=O)C1=C(O)C(=O)N(c2cccc(NC(C)=O)c2)C1c1ccc(OC)cc1. The van der Waals surface area contributed by atoms with Crippen molar-refractivity contribution >= 4 is 29.0 Å². The minimum absolute atomic E-state index is 0.0626. The van der Waals surface area contributed by atoms with Gasteiger partial charge in [0, 0.05) is 24.7 Å². The lowest BCUT2D eigenvalue weighted by atomic mass is 9.94. The fourth-order valence-corrected chi connectivity index (χ4v) is 3.39. The Balaban J connectivity index is 2.12. The Morgan fingerprint density at radius 1 is 1.17 bits per heavy atom. The lowest BCUT2D eigenvalue weighted by Gasteiger charge is -2.27. The molecule has 3 rings (SSSR count). The number of aliphatic hydroxyl groups excluding tert-OH is 1. The van der Waals surface area contributed by atoms with Gasteiger partial charge in [-0.25, -0.2) is 0 Å². The minimum atomic E-state index is -0.784. The van der Waals surface area contributed by atoms with Crippen LogP contribution in [0.25, 0.3) is 0 Å². The Bertz CT molecular complexity index is 995. The van der Waals surface area contributed by atoms with Crippen LogP contribution in [0.1, 0.15) is 31.9 Å². The Kier molecular flexibility index (Phi) is 5.68. The van der Waals surface area contributed by atoms with Gasteiger partial charge in [0.05, 0.1) is 18.7 Å². The molecular formula is C22H22N2O5. The van der Waals surface area contributed by atoms with Crippen LogP contribution in [0.3, 0.4) is 0 Å². The van der Waals surface area contributed by atoms with E-state index in [4.69, 9.17) is 4.74 Å². The van der Waals surface area contributed by atoms with Gasteiger partial charge in [-0.1, -0.05) is 25.1 Å². The summed E-state index contributed by atoms with van der Waals surface area (Å²) in [5.41, 5.74) is 1.68. The number of benzene rings is 2. The first kappa shape index (κ1) is 20.1. The molecule has 2 aromatic rings. The number of nitrogens with zero attached hydrogens (tertiary/aromatic N) is 1. The molecule has 0 saturated heterocycles. The second-order valence-electron chi connectivity index (χ2n) is 6.62. The average molecular weight is 394 g/mol. The standard InChI is InChI=1S/C22H22N2O5/c1-4-18(26)19-20(14-8-10-17(29-3)11-9-14)24(22(28)21(19)27)16-7-5-6-15(12-16)23-13(2)25/h5-12,20,27H,4H2,1-3H3,(H,23,25). The summed E-state index contributed by atoms with van der Waals surface area (Å²) < 4.78 is 5.18. The molecular weight excluding hydrogens is 372 g/mol. The van der Waals surface area contributed by atoms with Crippen molar-refractivity contribution in [3.05, 3.63) is 65.4 Å². The number of carbonyl (C=O) groups excluding carboxylic acids is 3. The van der Waals surface area contributed by atoms with E-state index in [0.29, 0.717) is 22.7 Å². The van der Waals surface area contributed by atoms with E-state index < -0.39 is 17.7 Å². The van der Waals surface area contributed by atoms with Crippen molar-refractivity contribution in [1.82, 2.24) is 0 Å². The Hall–Kier alpha value is -3.61. The first-order valence-corrected chi connectivity index (χ1v) is 9.18. The molecule has 1 aliphatic heterocycles. The number of methoxy groups -OCH3 is 1. The highest BCUT2D eigenvalue weighted by Gasteiger charge is 2.43. The molecule has 0 saturated carbocycles. The van der Waals surface area contributed by atoms with Crippen LogP contribution in [0, 0.1) is 0 Å². The summed E-state index contributed by atoms with van der Waals surface area (Å²) in [5, 5.41) is 13.2. The third kappa shape index (κ3) is 3.85. The summed E-state index contributed by atoms with van der Waals surface area (Å²) in [4.78, 5) is 38.3. The number of anilines is 2. The highest BCUT2D eigenvalue weighted by molar-refractivity contribution is 6.16. The number of rotatable bonds is 6. The van der Waals surface area contributed by atoms with E-state index in [9.17, 15) is 19.5 Å². The van der Waals surface area contributed by atoms with Crippen LogP contribution in [0.15, 0.2) is 59.9 Å². The van der Waals surface area contributed by atoms with Gasteiger partial charge in [0.2, 0.25) is 5.91 Å². The molecule has 0 bridgehead atoms. The molecule has 2 amide bonds. The third-order valence-electron chi connectivity index (χ3n) is 4.71. The number of nitrogens with one attached hydrogen (secondary N) is 1. The van der Waals surface area contributed by atoms with E-state index in [-0.39, 0.29) is 23.7 Å². The van der Waals surface area contributed by atoms with Gasteiger partial charge in [-0.2, -0.15) is 0 Å². The number of ketones is 1. The molecule has 0 spiro atoms. The van der Waals surface area contributed by atoms with E-state index in [1.165, 1.54) is 11.8 Å². The van der Waals surface area contributed by atoms with Crippen molar-refractivity contribution in [2.75, 3.05) is 17.3 Å². The summed E-state index contributed by atoms with van der Waals surface area (Å²) in [5.74, 6) is -1.14. The van der Waals surface area contributed by atoms with Gasteiger partial charge in [0.25, 0.3) is 5.91 Å². The monoisotopic (exact) mass is 394 g/mol. The van der Waals surface area contributed by atoms with Crippen molar-refractivity contribution in [3.63, 3.8) is 0 Å². The summed E-state index contributed by atoms with van der Waals surface area (Å²) >= 11 is 0. The van der Waals surface area contributed by atoms with Crippen LogP contribution in [-0.4, -0.2) is 29.8 Å². The number of Topliss-reactive ketones (excluding diaryl/α,β-unsaturated/α-hetero) is 1. The lowest BCUT2D eigenvalue weighted by molar-refractivity contribution is -0.118. The van der Waals surface area contributed by atoms with Crippen LogP contribution in [-0.2, 0) is 14.4 Å². The van der Waals surface area contributed by atoms with Gasteiger partial charge >= 0.3 is 0 Å². The third-order valence-corrected chi connectivity index (χ3v) is 4.71. The topological polar surface area (TPSA) is 95.9 Å². The van der Waals surface area contributed by atoms with E-state index in [1.807, 2.05) is 0 Å². The molecule has 7 nitrogen and oxygen atoms in total. The highest BCUT2D eigenvalue weighted by Crippen LogP contribution is 2.42. The Morgan fingerprint density at radius 3 is 2.45 bits per heavy atom. The van der Waals surface area contributed by atoms with Gasteiger partial charge in [-0.15, -0.1) is 0 Å². The van der Waals surface area contributed by atoms with Crippen LogP contribution in [0.4, 0.5) is 11.4 Å². The number of amides is 2. The predicted octanol–water partition coefficient (Wildman–Crippen LogP) is 3.53. The first-order chi connectivity index (χ1) is 13.9. The molecule has 1 unspecified atom stereocenters. The Labute approximate surface area is 168 Å². The summed E-state index contributed by atoms with van der Waals surface area (Å²) in [6.07, 6.45) is 0.152. The lowest BCUT2D eigenvalue weighted by Crippen LogP contribution is -2.31. The van der Waals surface area contributed by atoms with Crippen molar-refractivity contribution in [1.29, 1.82) is 0 Å². The largest absolute Gasteiger partial charge is 0.503 e. The molecule has 0 radical (unpaired) electrons. The Morgan fingerprint density at radius 2 is 1.86 bits per heavy atom. The zero-order valence-electron chi connectivity index (χ0n) is 16.4. The fraction of sp³-hybridized carbons (Fsp3) is 0.227. The van der Waals surface area contributed by atoms with Crippen LogP contribution < -0.4 is 15.0 Å². The zero-order chi connectivity index (χ0) is 21.1. The van der Waals surface area contributed by atoms with Crippen molar-refractivity contribution in [2.24, 2.45) is 0 Å². The van der Waals surface area contributed by atoms with E-state index >= 15 is 0 Å². The average Bonchev–Trinajstić information content (AvgIpc) is 2.98. The molecule has 1 atom stereocenters. The molecule has 2 aromatic carbocycles. The minimum Gasteiger partial charge on any atom is -0.503 e. The van der Waals surface area contributed by atoms with Gasteiger partial charge in [0.15, 0.2) is 11.5 Å². The van der Waals surface area contributed by atoms with Crippen LogP contribution >= 0.6 is 0 Å². The number of hydrogen-bond acceptors (Lipinski definition) is 5. The maximum absolute atomic E-state index is 12.9. The van der Waals surface area contributed by atoms with Gasteiger partial charge < -0.3 is 15.2 Å². The summed E-state index contributed by atoms with van der Waals surface area (Å²) in [7, 11) is 1.55. The normalized spacial score (nSPS) is 16.2. The van der Waals surface area contributed by atoms with E-state index in [2.05, 4.69) is 5.32 Å². The van der Waals surface area contributed by atoms with Gasteiger partial charge in [0.1, 0.15) is 5.75 Å². The van der Waals surface area contributed by atoms with Crippen LogP contribution in [0.2, 0.25) is 0 Å². The molecule has 0 aliphatic carbocycles. The van der Waals surface area contributed by atoms with E-state index in [1.54, 1.807) is 62.6 Å². The molecule has 0 fully saturated rings. The molecule has 29 heavy (non-hydrogen) atoms. The predicted molar refractivity (Wildman–Crippen MR) is 109 cm³/mol. The molecule has 1 heterocycles. The van der Waals surface area contributed by atoms with Crippen molar-refractivity contribution in [3.8, 4) is 5.75 Å². The fourth-order valence-electron chi connectivity index (χ4n) is 3.39. The second kappa shape index (κ2) is 8.18. The maximum Gasteiger partial charge on any atom is 0.294 e.